The predicted octanol–water partition coefficient (Wildman–Crippen LogP) is 4.29. The van der Waals surface area contributed by atoms with Crippen molar-refractivity contribution in [2.75, 3.05) is 50.2 Å². The monoisotopic (exact) mass is 474 g/mol. The molecule has 1 atom stereocenters. The largest absolute Gasteiger partial charge is 0.383 e. The number of aromatic nitrogens is 2. The maximum Gasteiger partial charge on any atom is 0.237 e. The molecule has 1 unspecified atom stereocenters. The lowest BCUT2D eigenvalue weighted by Crippen LogP contribution is -2.36. The van der Waals surface area contributed by atoms with Gasteiger partial charge >= 0.3 is 0 Å². The van der Waals surface area contributed by atoms with Crippen molar-refractivity contribution in [2.24, 2.45) is 0 Å². The highest BCUT2D eigenvalue weighted by Crippen LogP contribution is 2.29. The van der Waals surface area contributed by atoms with Crippen LogP contribution < -0.4 is 10.2 Å². The van der Waals surface area contributed by atoms with Gasteiger partial charge < -0.3 is 24.3 Å². The van der Waals surface area contributed by atoms with Crippen molar-refractivity contribution >= 4 is 51.7 Å². The maximum absolute atomic E-state index is 12.9. The third-order valence-electron chi connectivity index (χ3n) is 5.36. The van der Waals surface area contributed by atoms with Gasteiger partial charge in [-0.2, -0.15) is 0 Å². The molecule has 1 aliphatic rings. The molecule has 0 aliphatic carbocycles. The predicted molar refractivity (Wildman–Crippen MR) is 130 cm³/mol. The Morgan fingerprint density at radius 3 is 2.72 bits per heavy atom. The molecule has 32 heavy (non-hydrogen) atoms. The van der Waals surface area contributed by atoms with E-state index in [0.717, 1.165) is 53.9 Å². The van der Waals surface area contributed by atoms with E-state index in [1.165, 1.54) is 11.8 Å². The molecule has 4 rings (SSSR count). The van der Waals surface area contributed by atoms with Gasteiger partial charge in [0.05, 0.1) is 36.1 Å². The van der Waals surface area contributed by atoms with Gasteiger partial charge in [-0.25, -0.2) is 4.98 Å². The average Bonchev–Trinajstić information content (AvgIpc) is 3.14. The molecule has 7 nitrogen and oxygen atoms in total. The van der Waals surface area contributed by atoms with E-state index in [-0.39, 0.29) is 11.2 Å². The van der Waals surface area contributed by atoms with Crippen molar-refractivity contribution in [3.05, 3.63) is 47.5 Å². The molecule has 1 amide bonds. The summed E-state index contributed by atoms with van der Waals surface area (Å²) < 4.78 is 12.7. The number of thioether (sulfide) groups is 1. The lowest BCUT2D eigenvalue weighted by molar-refractivity contribution is -0.115. The van der Waals surface area contributed by atoms with Gasteiger partial charge in [-0.15, -0.1) is 0 Å². The fourth-order valence-electron chi connectivity index (χ4n) is 3.60. The van der Waals surface area contributed by atoms with E-state index in [4.69, 9.17) is 26.1 Å². The first-order valence-corrected chi connectivity index (χ1v) is 11.9. The minimum Gasteiger partial charge on any atom is -0.383 e. The lowest BCUT2D eigenvalue weighted by Gasteiger charge is -2.28. The summed E-state index contributed by atoms with van der Waals surface area (Å²) in [6.07, 6.45) is 0. The van der Waals surface area contributed by atoms with Crippen LogP contribution in [-0.4, -0.2) is 60.7 Å². The molecule has 3 aromatic rings. The van der Waals surface area contributed by atoms with Gasteiger partial charge in [0.1, 0.15) is 0 Å². The highest BCUT2D eigenvalue weighted by molar-refractivity contribution is 8.00. The van der Waals surface area contributed by atoms with E-state index in [1.807, 2.05) is 49.4 Å². The van der Waals surface area contributed by atoms with E-state index in [2.05, 4.69) is 14.8 Å². The first-order valence-electron chi connectivity index (χ1n) is 10.6. The van der Waals surface area contributed by atoms with Crippen LogP contribution in [0.3, 0.4) is 0 Å². The number of halogens is 1. The number of imidazole rings is 1. The zero-order valence-electron chi connectivity index (χ0n) is 18.2. The number of morpholine rings is 1. The Hall–Kier alpha value is -2.26. The number of hydrogen-bond acceptors (Lipinski definition) is 6. The van der Waals surface area contributed by atoms with E-state index in [0.29, 0.717) is 18.2 Å². The van der Waals surface area contributed by atoms with Crippen LogP contribution in [0.4, 0.5) is 11.4 Å². The number of rotatable bonds is 8. The van der Waals surface area contributed by atoms with E-state index < -0.39 is 0 Å². The van der Waals surface area contributed by atoms with E-state index in [9.17, 15) is 4.79 Å². The molecular formula is C23H27ClN4O3S. The molecule has 9 heteroatoms. The fraction of sp³-hybridized carbons (Fsp3) is 0.391. The SMILES string of the molecule is COCCn1c(SC(C)C(=O)Nc2ccc(N3CCOCC3)cc2)nc2cc(Cl)ccc21. The zero-order valence-corrected chi connectivity index (χ0v) is 19.8. The number of carbonyl (C=O) groups excluding carboxylic acids is 1. The van der Waals surface area contributed by atoms with Gasteiger partial charge in [0, 0.05) is 43.1 Å². The van der Waals surface area contributed by atoms with Crippen molar-refractivity contribution in [3.8, 4) is 0 Å². The van der Waals surface area contributed by atoms with Gasteiger partial charge in [0.25, 0.3) is 0 Å². The number of benzene rings is 2. The molecule has 0 bridgehead atoms. The Morgan fingerprint density at radius 1 is 1.25 bits per heavy atom. The summed E-state index contributed by atoms with van der Waals surface area (Å²) in [5, 5.41) is 4.08. The van der Waals surface area contributed by atoms with Crippen LogP contribution in [0.5, 0.6) is 0 Å². The number of carbonyl (C=O) groups is 1. The molecule has 1 N–H and O–H groups in total. The number of nitrogens with one attached hydrogen (secondary N) is 1. The summed E-state index contributed by atoms with van der Waals surface area (Å²) in [7, 11) is 1.67. The Bertz CT molecular complexity index is 1070. The molecule has 0 spiro atoms. The molecule has 0 saturated carbocycles. The summed E-state index contributed by atoms with van der Waals surface area (Å²) >= 11 is 7.56. The highest BCUT2D eigenvalue weighted by atomic mass is 35.5. The van der Waals surface area contributed by atoms with Gasteiger partial charge in [0.2, 0.25) is 5.91 Å². The van der Waals surface area contributed by atoms with Crippen molar-refractivity contribution < 1.29 is 14.3 Å². The topological polar surface area (TPSA) is 68.6 Å². The number of nitrogens with zero attached hydrogens (tertiary/aromatic N) is 3. The molecular weight excluding hydrogens is 448 g/mol. The second-order valence-corrected chi connectivity index (χ2v) is 9.31. The van der Waals surface area contributed by atoms with Crippen LogP contribution in [0, 0.1) is 0 Å². The molecule has 0 radical (unpaired) electrons. The van der Waals surface area contributed by atoms with Crippen LogP contribution >= 0.6 is 23.4 Å². The highest BCUT2D eigenvalue weighted by Gasteiger charge is 2.20. The second-order valence-electron chi connectivity index (χ2n) is 7.57. The Morgan fingerprint density at radius 2 is 2.00 bits per heavy atom. The van der Waals surface area contributed by atoms with Crippen LogP contribution in [0.2, 0.25) is 5.02 Å². The Balaban J connectivity index is 1.43. The number of amides is 1. The van der Waals surface area contributed by atoms with Crippen molar-refractivity contribution in [3.63, 3.8) is 0 Å². The molecule has 1 saturated heterocycles. The normalized spacial score (nSPS) is 15.2. The average molecular weight is 475 g/mol. The maximum atomic E-state index is 12.9. The van der Waals surface area contributed by atoms with Gasteiger partial charge in [-0.1, -0.05) is 23.4 Å². The van der Waals surface area contributed by atoms with Gasteiger partial charge in [-0.05, 0) is 49.4 Å². The number of methoxy groups -OCH3 is 1. The third-order valence-corrected chi connectivity index (χ3v) is 6.68. The number of fused-ring (bicyclic) bond motifs is 1. The summed E-state index contributed by atoms with van der Waals surface area (Å²) in [6.45, 7) is 6.34. The van der Waals surface area contributed by atoms with Crippen LogP contribution in [0.15, 0.2) is 47.6 Å². The summed E-state index contributed by atoms with van der Waals surface area (Å²) in [4.78, 5) is 19.8. The molecule has 1 aliphatic heterocycles. The minimum atomic E-state index is -0.331. The van der Waals surface area contributed by atoms with E-state index >= 15 is 0 Å². The molecule has 1 fully saturated rings. The molecule has 2 heterocycles. The summed E-state index contributed by atoms with van der Waals surface area (Å²) in [5.74, 6) is -0.0718. The zero-order chi connectivity index (χ0) is 22.5. The Kier molecular flexibility index (Phi) is 7.57. The number of anilines is 2. The fourth-order valence-corrected chi connectivity index (χ4v) is 4.72. The quantitative estimate of drug-likeness (QED) is 0.491. The van der Waals surface area contributed by atoms with Crippen LogP contribution in [-0.2, 0) is 20.8 Å². The number of hydrogen-bond donors (Lipinski definition) is 1. The third kappa shape index (κ3) is 5.38. The van der Waals surface area contributed by atoms with Crippen LogP contribution in [0.1, 0.15) is 6.92 Å². The van der Waals surface area contributed by atoms with Gasteiger partial charge in [0.15, 0.2) is 5.16 Å². The van der Waals surface area contributed by atoms with E-state index in [1.54, 1.807) is 7.11 Å². The van der Waals surface area contributed by atoms with Gasteiger partial charge in [-0.3, -0.25) is 4.79 Å². The summed E-state index contributed by atoms with van der Waals surface area (Å²) in [6, 6.07) is 13.6. The Labute approximate surface area is 197 Å². The lowest BCUT2D eigenvalue weighted by atomic mass is 10.2. The number of ether oxygens (including phenoxy) is 2. The first-order chi connectivity index (χ1) is 15.5. The molecule has 170 valence electrons. The summed E-state index contributed by atoms with van der Waals surface area (Å²) in [5.41, 5.74) is 3.70. The second kappa shape index (κ2) is 10.6. The van der Waals surface area contributed by atoms with Crippen LogP contribution in [0.25, 0.3) is 11.0 Å². The van der Waals surface area contributed by atoms with Crippen molar-refractivity contribution in [1.29, 1.82) is 0 Å². The standard InChI is InChI=1S/C23H27ClN4O3S/c1-16(22(29)25-18-4-6-19(7-5-18)27-9-13-31-14-10-27)32-23-26-20-15-17(24)3-8-21(20)28(23)11-12-30-2/h3-8,15-16H,9-14H2,1-2H3,(H,25,29). The molecule has 2 aromatic carbocycles. The van der Waals surface area contributed by atoms with Crippen molar-refractivity contribution in [2.45, 2.75) is 23.9 Å². The minimum absolute atomic E-state index is 0.0718. The smallest absolute Gasteiger partial charge is 0.237 e. The van der Waals surface area contributed by atoms with Crippen molar-refractivity contribution in [1.82, 2.24) is 9.55 Å². The first kappa shape index (κ1) is 22.9. The molecule has 1 aromatic heterocycles.